The third-order valence-corrected chi connectivity index (χ3v) is 3.23. The van der Waals surface area contributed by atoms with Crippen molar-refractivity contribution in [2.45, 2.75) is 0 Å². The molecular formula is C14H9BrFN3O2. The SMILES string of the molecule is N#Cc1ccc(Br)cc1Nc1cc(C(=O)O)c(N)cc1F. The molecule has 0 aliphatic carbocycles. The Morgan fingerprint density at radius 1 is 1.33 bits per heavy atom. The lowest BCUT2D eigenvalue weighted by Crippen LogP contribution is -2.05. The lowest BCUT2D eigenvalue weighted by atomic mass is 10.1. The van der Waals surface area contributed by atoms with E-state index in [0.29, 0.717) is 15.7 Å². The first-order valence-corrected chi connectivity index (χ1v) is 6.50. The topological polar surface area (TPSA) is 99.1 Å². The summed E-state index contributed by atoms with van der Waals surface area (Å²) in [5.41, 5.74) is 5.65. The van der Waals surface area contributed by atoms with Crippen LogP contribution in [-0.4, -0.2) is 11.1 Å². The number of nitrogens with two attached hydrogens (primary N) is 1. The van der Waals surface area contributed by atoms with Gasteiger partial charge < -0.3 is 16.2 Å². The summed E-state index contributed by atoms with van der Waals surface area (Å²) in [6, 6.07) is 8.80. The Kier molecular flexibility index (Phi) is 4.10. The molecule has 0 aliphatic heterocycles. The summed E-state index contributed by atoms with van der Waals surface area (Å²) in [6.07, 6.45) is 0. The Balaban J connectivity index is 2.50. The minimum Gasteiger partial charge on any atom is -0.478 e. The van der Waals surface area contributed by atoms with Crippen molar-refractivity contribution in [1.29, 1.82) is 5.26 Å². The first-order valence-electron chi connectivity index (χ1n) is 5.71. The van der Waals surface area contributed by atoms with E-state index < -0.39 is 11.8 Å². The Hall–Kier alpha value is -2.59. The lowest BCUT2D eigenvalue weighted by Gasteiger charge is -2.11. The molecule has 0 fully saturated rings. The van der Waals surface area contributed by atoms with Crippen LogP contribution in [0.1, 0.15) is 15.9 Å². The smallest absolute Gasteiger partial charge is 0.337 e. The number of nitrogen functional groups attached to an aromatic ring is 1. The zero-order valence-corrected chi connectivity index (χ0v) is 12.1. The van der Waals surface area contributed by atoms with E-state index in [2.05, 4.69) is 21.2 Å². The van der Waals surface area contributed by atoms with Crippen LogP contribution in [0.4, 0.5) is 21.5 Å². The Morgan fingerprint density at radius 2 is 2.05 bits per heavy atom. The van der Waals surface area contributed by atoms with Crippen LogP contribution < -0.4 is 11.1 Å². The van der Waals surface area contributed by atoms with Gasteiger partial charge >= 0.3 is 5.97 Å². The third-order valence-electron chi connectivity index (χ3n) is 2.74. The number of nitrogens with one attached hydrogen (secondary N) is 1. The molecule has 0 aromatic heterocycles. The minimum absolute atomic E-state index is 0.0730. The number of carboxylic acids is 1. The maximum Gasteiger partial charge on any atom is 0.337 e. The molecule has 21 heavy (non-hydrogen) atoms. The molecule has 0 heterocycles. The first kappa shape index (κ1) is 14.8. The summed E-state index contributed by atoms with van der Waals surface area (Å²) >= 11 is 3.25. The van der Waals surface area contributed by atoms with E-state index in [1.54, 1.807) is 18.2 Å². The van der Waals surface area contributed by atoms with Gasteiger partial charge in [0.05, 0.1) is 22.5 Å². The zero-order valence-electron chi connectivity index (χ0n) is 10.5. The summed E-state index contributed by atoms with van der Waals surface area (Å²) in [6.45, 7) is 0. The van der Waals surface area contributed by atoms with Gasteiger partial charge in [0.15, 0.2) is 0 Å². The molecule has 0 amide bonds. The summed E-state index contributed by atoms with van der Waals surface area (Å²) < 4.78 is 14.6. The molecule has 0 unspecified atom stereocenters. The number of halogens is 2. The molecule has 4 N–H and O–H groups in total. The number of hydrogen-bond donors (Lipinski definition) is 3. The molecule has 0 bridgehead atoms. The van der Waals surface area contributed by atoms with E-state index in [4.69, 9.17) is 16.1 Å². The predicted octanol–water partition coefficient (Wildman–Crippen LogP) is 3.48. The molecule has 2 rings (SSSR count). The normalized spacial score (nSPS) is 9.95. The fraction of sp³-hybridized carbons (Fsp3) is 0. The molecule has 106 valence electrons. The van der Waals surface area contributed by atoms with Crippen LogP contribution >= 0.6 is 15.9 Å². The highest BCUT2D eigenvalue weighted by molar-refractivity contribution is 9.10. The van der Waals surface area contributed by atoms with Crippen molar-refractivity contribution in [3.63, 3.8) is 0 Å². The second-order valence-corrected chi connectivity index (χ2v) is 5.07. The first-order chi connectivity index (χ1) is 9.92. The fourth-order valence-electron chi connectivity index (χ4n) is 1.73. The van der Waals surface area contributed by atoms with E-state index in [0.717, 1.165) is 12.1 Å². The van der Waals surface area contributed by atoms with E-state index in [-0.39, 0.29) is 16.9 Å². The average Bonchev–Trinajstić information content (AvgIpc) is 2.41. The van der Waals surface area contributed by atoms with Gasteiger partial charge in [0.1, 0.15) is 11.9 Å². The van der Waals surface area contributed by atoms with Crippen molar-refractivity contribution in [3.05, 3.63) is 51.7 Å². The van der Waals surface area contributed by atoms with E-state index in [1.807, 2.05) is 6.07 Å². The Morgan fingerprint density at radius 3 is 2.67 bits per heavy atom. The highest BCUT2D eigenvalue weighted by Crippen LogP contribution is 2.28. The number of anilines is 3. The van der Waals surface area contributed by atoms with Gasteiger partial charge in [-0.05, 0) is 30.3 Å². The number of carbonyl (C=O) groups is 1. The Labute approximate surface area is 127 Å². The quantitative estimate of drug-likeness (QED) is 0.736. The van der Waals surface area contributed by atoms with Gasteiger partial charge in [0.25, 0.3) is 0 Å². The number of hydrogen-bond acceptors (Lipinski definition) is 4. The average molecular weight is 350 g/mol. The Bertz CT molecular complexity index is 772. The fourth-order valence-corrected chi connectivity index (χ4v) is 2.09. The molecule has 0 saturated heterocycles. The van der Waals surface area contributed by atoms with Gasteiger partial charge in [-0.25, -0.2) is 9.18 Å². The van der Waals surface area contributed by atoms with Crippen LogP contribution in [0, 0.1) is 17.1 Å². The van der Waals surface area contributed by atoms with Gasteiger partial charge in [-0.2, -0.15) is 5.26 Å². The van der Waals surface area contributed by atoms with Gasteiger partial charge in [-0.3, -0.25) is 0 Å². The summed E-state index contributed by atoms with van der Waals surface area (Å²) in [4.78, 5) is 11.0. The second kappa shape index (κ2) is 5.81. The maximum atomic E-state index is 13.9. The number of benzene rings is 2. The molecule has 0 aliphatic rings. The van der Waals surface area contributed by atoms with Crippen molar-refractivity contribution >= 4 is 39.0 Å². The van der Waals surface area contributed by atoms with Crippen molar-refractivity contribution in [1.82, 2.24) is 0 Å². The maximum absolute atomic E-state index is 13.9. The van der Waals surface area contributed by atoms with Crippen LogP contribution in [0.25, 0.3) is 0 Å². The molecule has 0 atom stereocenters. The third kappa shape index (κ3) is 3.12. The summed E-state index contributed by atoms with van der Waals surface area (Å²) in [5.74, 6) is -1.97. The molecule has 7 heteroatoms. The van der Waals surface area contributed by atoms with Gasteiger partial charge in [-0.15, -0.1) is 0 Å². The number of nitriles is 1. The predicted molar refractivity (Wildman–Crippen MR) is 79.9 cm³/mol. The van der Waals surface area contributed by atoms with Gasteiger partial charge in [0.2, 0.25) is 0 Å². The van der Waals surface area contributed by atoms with Crippen LogP contribution in [0.3, 0.4) is 0 Å². The van der Waals surface area contributed by atoms with E-state index in [1.165, 1.54) is 0 Å². The van der Waals surface area contributed by atoms with Crippen molar-refractivity contribution in [2.24, 2.45) is 0 Å². The van der Waals surface area contributed by atoms with Crippen molar-refractivity contribution in [3.8, 4) is 6.07 Å². The molecule has 5 nitrogen and oxygen atoms in total. The molecule has 0 saturated carbocycles. The van der Waals surface area contributed by atoms with Crippen molar-refractivity contribution < 1.29 is 14.3 Å². The van der Waals surface area contributed by atoms with Crippen LogP contribution in [0.15, 0.2) is 34.8 Å². The number of carboxylic acid groups (broad SMARTS) is 1. The number of nitrogens with zero attached hydrogens (tertiary/aromatic N) is 1. The van der Waals surface area contributed by atoms with Crippen LogP contribution in [0.2, 0.25) is 0 Å². The molecule has 2 aromatic carbocycles. The minimum atomic E-state index is -1.26. The van der Waals surface area contributed by atoms with Gasteiger partial charge in [0, 0.05) is 10.2 Å². The summed E-state index contributed by atoms with van der Waals surface area (Å²) in [5, 5.41) is 20.7. The van der Waals surface area contributed by atoms with Crippen LogP contribution in [-0.2, 0) is 0 Å². The summed E-state index contributed by atoms with van der Waals surface area (Å²) in [7, 11) is 0. The van der Waals surface area contributed by atoms with E-state index in [9.17, 15) is 9.18 Å². The lowest BCUT2D eigenvalue weighted by molar-refractivity contribution is 0.0698. The standard InChI is InChI=1S/C14H9BrFN3O2/c15-8-2-1-7(6-17)12(3-8)19-13-4-9(14(20)21)11(18)5-10(13)16/h1-5,19H,18H2,(H,20,21). The largest absolute Gasteiger partial charge is 0.478 e. The molecule has 0 radical (unpaired) electrons. The van der Waals surface area contributed by atoms with E-state index >= 15 is 0 Å². The molecule has 0 spiro atoms. The zero-order chi connectivity index (χ0) is 15.6. The highest BCUT2D eigenvalue weighted by atomic mass is 79.9. The van der Waals surface area contributed by atoms with Crippen LogP contribution in [0.5, 0.6) is 0 Å². The van der Waals surface area contributed by atoms with Gasteiger partial charge in [-0.1, -0.05) is 15.9 Å². The molecule has 2 aromatic rings. The molecular weight excluding hydrogens is 341 g/mol. The monoisotopic (exact) mass is 349 g/mol. The number of aromatic carboxylic acids is 1. The highest BCUT2D eigenvalue weighted by Gasteiger charge is 2.14. The van der Waals surface area contributed by atoms with Crippen molar-refractivity contribution in [2.75, 3.05) is 11.1 Å². The second-order valence-electron chi connectivity index (χ2n) is 4.15. The number of rotatable bonds is 3.